The molecule has 1 aromatic heterocycles. The van der Waals surface area contributed by atoms with Crippen molar-refractivity contribution in [1.82, 2.24) is 20.1 Å². The molecule has 5 rings (SSSR count). The van der Waals surface area contributed by atoms with Crippen LogP contribution in [-0.4, -0.2) is 64.9 Å². The van der Waals surface area contributed by atoms with Crippen LogP contribution in [-0.2, 0) is 4.79 Å². The second-order valence-electron chi connectivity index (χ2n) is 10.6. The second kappa shape index (κ2) is 13.2. The Morgan fingerprint density at radius 3 is 2.17 bits per heavy atom. The molecule has 40 heavy (non-hydrogen) atoms. The first-order valence-corrected chi connectivity index (χ1v) is 14.2. The lowest BCUT2D eigenvalue weighted by Crippen LogP contribution is -2.51. The number of aromatic nitrogens is 1. The van der Waals surface area contributed by atoms with Crippen molar-refractivity contribution >= 4 is 17.9 Å². The van der Waals surface area contributed by atoms with Crippen molar-refractivity contribution in [2.75, 3.05) is 26.2 Å². The van der Waals surface area contributed by atoms with Gasteiger partial charge in [-0.3, -0.25) is 14.6 Å². The smallest absolute Gasteiger partial charge is 0.251 e. The van der Waals surface area contributed by atoms with E-state index in [2.05, 4.69) is 27.0 Å². The Balaban J connectivity index is 1.04. The van der Waals surface area contributed by atoms with E-state index in [0.29, 0.717) is 11.6 Å². The van der Waals surface area contributed by atoms with E-state index in [1.165, 1.54) is 0 Å². The standard InChI is InChI=1S/C34H36N4O2/c1-26-6-5-9-30(35-26)16-17-33(39)38-24-20-32(21-25-38)37-22-18-31(19-23-37)36-34(40)29-14-12-28(13-15-29)11-10-27-7-3-2-4-8-27/h2-9,12-17,31-32H,18-25H2,1H3,(H,36,40)/b17-16+. The van der Waals surface area contributed by atoms with Crippen LogP contribution in [0.1, 0.15) is 58.6 Å². The Hall–Kier alpha value is -4.21. The van der Waals surface area contributed by atoms with Crippen molar-refractivity contribution in [3.63, 3.8) is 0 Å². The number of hydrogen-bond donors (Lipinski definition) is 1. The molecule has 0 radical (unpaired) electrons. The molecule has 0 aliphatic carbocycles. The molecule has 3 aromatic rings. The summed E-state index contributed by atoms with van der Waals surface area (Å²) in [4.78, 5) is 34.4. The molecule has 6 nitrogen and oxygen atoms in total. The van der Waals surface area contributed by atoms with Crippen molar-refractivity contribution in [3.05, 3.63) is 107 Å². The third-order valence-electron chi connectivity index (χ3n) is 7.74. The van der Waals surface area contributed by atoms with E-state index in [9.17, 15) is 9.59 Å². The molecule has 1 N–H and O–H groups in total. The van der Waals surface area contributed by atoms with Gasteiger partial charge in [-0.15, -0.1) is 0 Å². The highest BCUT2D eigenvalue weighted by molar-refractivity contribution is 5.94. The maximum absolute atomic E-state index is 12.8. The zero-order chi connectivity index (χ0) is 27.7. The number of pyridine rings is 1. The Morgan fingerprint density at radius 2 is 1.50 bits per heavy atom. The largest absolute Gasteiger partial charge is 0.349 e. The number of likely N-dealkylation sites (tertiary alicyclic amines) is 2. The van der Waals surface area contributed by atoms with Gasteiger partial charge in [-0.25, -0.2) is 0 Å². The molecular formula is C34H36N4O2. The number of piperidine rings is 2. The molecule has 2 aliphatic rings. The molecule has 6 heteroatoms. The van der Waals surface area contributed by atoms with Crippen molar-refractivity contribution in [2.45, 2.75) is 44.7 Å². The van der Waals surface area contributed by atoms with Crippen LogP contribution in [0.4, 0.5) is 0 Å². The molecule has 2 fully saturated rings. The fourth-order valence-corrected chi connectivity index (χ4v) is 5.42. The van der Waals surface area contributed by atoms with Crippen molar-refractivity contribution in [3.8, 4) is 11.8 Å². The maximum atomic E-state index is 12.8. The van der Waals surface area contributed by atoms with Crippen LogP contribution < -0.4 is 5.32 Å². The monoisotopic (exact) mass is 532 g/mol. The molecule has 3 heterocycles. The number of carbonyl (C=O) groups is 2. The molecule has 204 valence electrons. The molecule has 2 saturated heterocycles. The molecule has 0 atom stereocenters. The van der Waals surface area contributed by atoms with Gasteiger partial charge in [0, 0.05) is 66.7 Å². The fraction of sp³-hybridized carbons (Fsp3) is 0.324. The van der Waals surface area contributed by atoms with Crippen LogP contribution in [0, 0.1) is 18.8 Å². The number of rotatable bonds is 5. The summed E-state index contributed by atoms with van der Waals surface area (Å²) in [5.41, 5.74) is 4.28. The number of aryl methyl sites for hydroxylation is 1. The predicted molar refractivity (Wildman–Crippen MR) is 159 cm³/mol. The molecule has 0 bridgehead atoms. The van der Waals surface area contributed by atoms with Gasteiger partial charge in [0.05, 0.1) is 5.69 Å². The normalized spacial score (nSPS) is 16.9. The minimum atomic E-state index is -0.0262. The first kappa shape index (κ1) is 27.4. The summed E-state index contributed by atoms with van der Waals surface area (Å²) < 4.78 is 0. The second-order valence-corrected chi connectivity index (χ2v) is 10.6. The highest BCUT2D eigenvalue weighted by atomic mass is 16.2. The van der Waals surface area contributed by atoms with Gasteiger partial charge in [0.15, 0.2) is 0 Å². The van der Waals surface area contributed by atoms with Gasteiger partial charge in [-0.2, -0.15) is 0 Å². The van der Waals surface area contributed by atoms with E-state index in [0.717, 1.165) is 74.4 Å². The average Bonchev–Trinajstić information content (AvgIpc) is 3.00. The van der Waals surface area contributed by atoms with Gasteiger partial charge >= 0.3 is 0 Å². The summed E-state index contributed by atoms with van der Waals surface area (Å²) in [6, 6.07) is 23.9. The average molecular weight is 533 g/mol. The Bertz CT molecular complexity index is 1390. The fourth-order valence-electron chi connectivity index (χ4n) is 5.42. The minimum Gasteiger partial charge on any atom is -0.349 e. The van der Waals surface area contributed by atoms with Crippen LogP contribution in [0.25, 0.3) is 6.08 Å². The molecule has 2 amide bonds. The van der Waals surface area contributed by atoms with Gasteiger partial charge in [0.1, 0.15) is 0 Å². The molecule has 2 aliphatic heterocycles. The van der Waals surface area contributed by atoms with Crippen molar-refractivity contribution < 1.29 is 9.59 Å². The summed E-state index contributed by atoms with van der Waals surface area (Å²) in [6.45, 7) is 5.44. The van der Waals surface area contributed by atoms with E-state index in [1.54, 1.807) is 12.2 Å². The third kappa shape index (κ3) is 7.46. The van der Waals surface area contributed by atoms with Gasteiger partial charge in [-0.05, 0) is 87.2 Å². The van der Waals surface area contributed by atoms with Gasteiger partial charge < -0.3 is 15.1 Å². The molecular weight excluding hydrogens is 496 g/mol. The van der Waals surface area contributed by atoms with Crippen LogP contribution in [0.2, 0.25) is 0 Å². The first-order chi connectivity index (χ1) is 19.5. The highest BCUT2D eigenvalue weighted by Gasteiger charge is 2.29. The Labute approximate surface area is 237 Å². The third-order valence-corrected chi connectivity index (χ3v) is 7.74. The van der Waals surface area contributed by atoms with Crippen LogP contribution in [0.15, 0.2) is 78.9 Å². The quantitative estimate of drug-likeness (QED) is 0.383. The lowest BCUT2D eigenvalue weighted by Gasteiger charge is -2.41. The summed E-state index contributed by atoms with van der Waals surface area (Å²) in [5, 5.41) is 3.22. The Morgan fingerprint density at radius 1 is 0.825 bits per heavy atom. The Kier molecular flexibility index (Phi) is 9.05. The molecule has 0 spiro atoms. The first-order valence-electron chi connectivity index (χ1n) is 14.2. The summed E-state index contributed by atoms with van der Waals surface area (Å²) >= 11 is 0. The summed E-state index contributed by atoms with van der Waals surface area (Å²) in [6.07, 6.45) is 7.30. The van der Waals surface area contributed by atoms with Crippen molar-refractivity contribution in [1.29, 1.82) is 0 Å². The maximum Gasteiger partial charge on any atom is 0.251 e. The highest BCUT2D eigenvalue weighted by Crippen LogP contribution is 2.22. The van der Waals surface area contributed by atoms with Gasteiger partial charge in [-0.1, -0.05) is 36.1 Å². The van der Waals surface area contributed by atoms with E-state index < -0.39 is 0 Å². The summed E-state index contributed by atoms with van der Waals surface area (Å²) in [7, 11) is 0. The molecule has 0 unspecified atom stereocenters. The zero-order valence-electron chi connectivity index (χ0n) is 23.1. The van der Waals surface area contributed by atoms with Crippen LogP contribution >= 0.6 is 0 Å². The zero-order valence-corrected chi connectivity index (χ0v) is 23.1. The summed E-state index contributed by atoms with van der Waals surface area (Å²) in [5.74, 6) is 6.33. The number of benzene rings is 2. The minimum absolute atomic E-state index is 0.0262. The van der Waals surface area contributed by atoms with Crippen molar-refractivity contribution in [2.24, 2.45) is 0 Å². The predicted octanol–water partition coefficient (Wildman–Crippen LogP) is 4.69. The number of nitrogens with zero attached hydrogens (tertiary/aromatic N) is 3. The van der Waals surface area contributed by atoms with Crippen LogP contribution in [0.5, 0.6) is 0 Å². The molecule has 0 saturated carbocycles. The number of carbonyl (C=O) groups excluding carboxylic acids is 2. The number of amides is 2. The van der Waals surface area contributed by atoms with Crippen LogP contribution in [0.3, 0.4) is 0 Å². The van der Waals surface area contributed by atoms with E-state index in [4.69, 9.17) is 0 Å². The van der Waals surface area contributed by atoms with Gasteiger partial charge in [0.25, 0.3) is 5.91 Å². The lowest BCUT2D eigenvalue weighted by molar-refractivity contribution is -0.127. The number of nitrogens with one attached hydrogen (secondary N) is 1. The van der Waals surface area contributed by atoms with E-state index in [-0.39, 0.29) is 17.9 Å². The topological polar surface area (TPSA) is 65.5 Å². The van der Waals surface area contributed by atoms with E-state index >= 15 is 0 Å². The van der Waals surface area contributed by atoms with E-state index in [1.807, 2.05) is 84.6 Å². The molecule has 2 aromatic carbocycles. The SMILES string of the molecule is Cc1cccc(/C=C/C(=O)N2CCC(N3CCC(NC(=O)c4ccc(C#Cc5ccccc5)cc4)CC3)CC2)n1. The van der Waals surface area contributed by atoms with Gasteiger partial charge in [0.2, 0.25) is 5.91 Å². The number of hydrogen-bond acceptors (Lipinski definition) is 4. The lowest BCUT2D eigenvalue weighted by atomic mass is 9.97.